The molecule has 2 aromatic rings. The Morgan fingerprint density at radius 3 is 2.95 bits per heavy atom. The fourth-order valence-electron chi connectivity index (χ4n) is 2.95. The molecule has 1 aromatic heterocycles. The molecule has 1 unspecified atom stereocenters. The van der Waals surface area contributed by atoms with Crippen molar-refractivity contribution in [3.05, 3.63) is 45.7 Å². The molecule has 1 saturated heterocycles. The number of aromatic nitrogens is 1. The summed E-state index contributed by atoms with van der Waals surface area (Å²) in [4.78, 5) is 29.0. The van der Waals surface area contributed by atoms with E-state index in [1.54, 1.807) is 11.9 Å². The van der Waals surface area contributed by atoms with E-state index in [4.69, 9.17) is 4.74 Å². The van der Waals surface area contributed by atoms with E-state index < -0.39 is 0 Å². The second-order valence-corrected chi connectivity index (χ2v) is 6.01. The molecule has 0 aliphatic carbocycles. The molecule has 3 rings (SSSR count). The van der Waals surface area contributed by atoms with Crippen LogP contribution in [-0.4, -0.2) is 42.6 Å². The number of aromatic amines is 1. The first-order chi connectivity index (χ1) is 10.5. The molecule has 2 heterocycles. The van der Waals surface area contributed by atoms with Gasteiger partial charge in [0, 0.05) is 43.1 Å². The third-order valence-electron chi connectivity index (χ3n) is 4.13. The molecule has 1 aliphatic rings. The molecule has 1 fully saturated rings. The summed E-state index contributed by atoms with van der Waals surface area (Å²) in [6, 6.07) is 7.09. The SMILES string of the molecule is Cc1ccc2[nH]c(=O)cc(C(=O)N(C)CC3CCOC3)c2c1. The summed E-state index contributed by atoms with van der Waals surface area (Å²) in [5, 5.41) is 0.791. The predicted octanol–water partition coefficient (Wildman–Crippen LogP) is 1.95. The van der Waals surface area contributed by atoms with Crippen LogP contribution in [0.25, 0.3) is 10.9 Å². The molecule has 0 saturated carbocycles. The molecule has 5 nitrogen and oxygen atoms in total. The number of benzene rings is 1. The number of carbonyl (C=O) groups is 1. The molecule has 0 spiro atoms. The first-order valence-electron chi connectivity index (χ1n) is 7.51. The molecule has 1 aliphatic heterocycles. The highest BCUT2D eigenvalue weighted by Gasteiger charge is 2.22. The van der Waals surface area contributed by atoms with Gasteiger partial charge in [0.05, 0.1) is 12.2 Å². The fraction of sp³-hybridized carbons (Fsp3) is 0.412. The third kappa shape index (κ3) is 2.90. The van der Waals surface area contributed by atoms with Gasteiger partial charge in [0.2, 0.25) is 5.56 Å². The third-order valence-corrected chi connectivity index (χ3v) is 4.13. The molecule has 5 heteroatoms. The summed E-state index contributed by atoms with van der Waals surface area (Å²) in [7, 11) is 1.78. The molecule has 116 valence electrons. The van der Waals surface area contributed by atoms with Gasteiger partial charge >= 0.3 is 0 Å². The van der Waals surface area contributed by atoms with E-state index >= 15 is 0 Å². The predicted molar refractivity (Wildman–Crippen MR) is 85.2 cm³/mol. The molecule has 1 N–H and O–H groups in total. The lowest BCUT2D eigenvalue weighted by molar-refractivity contribution is 0.0768. The van der Waals surface area contributed by atoms with E-state index in [2.05, 4.69) is 4.98 Å². The van der Waals surface area contributed by atoms with Crippen LogP contribution in [0.15, 0.2) is 29.1 Å². The van der Waals surface area contributed by atoms with Gasteiger partial charge in [-0.2, -0.15) is 0 Å². The van der Waals surface area contributed by atoms with Crippen LogP contribution in [0.3, 0.4) is 0 Å². The lowest BCUT2D eigenvalue weighted by Gasteiger charge is -2.21. The minimum absolute atomic E-state index is 0.117. The van der Waals surface area contributed by atoms with E-state index in [0.29, 0.717) is 30.1 Å². The molecule has 0 radical (unpaired) electrons. The van der Waals surface area contributed by atoms with Crippen molar-refractivity contribution in [1.82, 2.24) is 9.88 Å². The molecular formula is C17H20N2O3. The van der Waals surface area contributed by atoms with Gasteiger partial charge in [-0.1, -0.05) is 11.6 Å². The van der Waals surface area contributed by atoms with E-state index in [0.717, 1.165) is 24.0 Å². The largest absolute Gasteiger partial charge is 0.381 e. The van der Waals surface area contributed by atoms with Crippen LogP contribution in [-0.2, 0) is 4.74 Å². The number of amides is 1. The van der Waals surface area contributed by atoms with Gasteiger partial charge in [-0.3, -0.25) is 9.59 Å². The van der Waals surface area contributed by atoms with Gasteiger partial charge < -0.3 is 14.6 Å². The topological polar surface area (TPSA) is 62.4 Å². The number of carbonyl (C=O) groups excluding carboxylic acids is 1. The summed E-state index contributed by atoms with van der Waals surface area (Å²) in [6.07, 6.45) is 0.979. The molecule has 1 amide bonds. The van der Waals surface area contributed by atoms with Crippen LogP contribution in [0.4, 0.5) is 0 Å². The number of pyridine rings is 1. The molecule has 1 atom stereocenters. The Bertz CT molecular complexity index is 760. The number of hydrogen-bond donors (Lipinski definition) is 1. The van der Waals surface area contributed by atoms with Gasteiger partial charge in [0.1, 0.15) is 0 Å². The van der Waals surface area contributed by atoms with Crippen molar-refractivity contribution in [3.63, 3.8) is 0 Å². The van der Waals surface area contributed by atoms with Crippen molar-refractivity contribution in [3.8, 4) is 0 Å². The summed E-state index contributed by atoms with van der Waals surface area (Å²) in [6.45, 7) is 4.09. The van der Waals surface area contributed by atoms with Crippen molar-refractivity contribution in [2.45, 2.75) is 13.3 Å². The number of nitrogens with one attached hydrogen (secondary N) is 1. The van der Waals surface area contributed by atoms with Crippen LogP contribution < -0.4 is 5.56 Å². The highest BCUT2D eigenvalue weighted by atomic mass is 16.5. The Morgan fingerprint density at radius 2 is 2.23 bits per heavy atom. The maximum atomic E-state index is 12.7. The molecular weight excluding hydrogens is 280 g/mol. The van der Waals surface area contributed by atoms with Gasteiger partial charge in [0.15, 0.2) is 0 Å². The van der Waals surface area contributed by atoms with Crippen LogP contribution in [0, 0.1) is 12.8 Å². The van der Waals surface area contributed by atoms with E-state index in [1.807, 2.05) is 25.1 Å². The van der Waals surface area contributed by atoms with Crippen LogP contribution in [0.2, 0.25) is 0 Å². The first-order valence-corrected chi connectivity index (χ1v) is 7.51. The van der Waals surface area contributed by atoms with Gasteiger partial charge in [-0.25, -0.2) is 0 Å². The van der Waals surface area contributed by atoms with E-state index in [9.17, 15) is 9.59 Å². The summed E-state index contributed by atoms with van der Waals surface area (Å²) in [5.74, 6) is 0.262. The summed E-state index contributed by atoms with van der Waals surface area (Å²) < 4.78 is 5.36. The normalized spacial score (nSPS) is 17.8. The first kappa shape index (κ1) is 14.8. The zero-order valence-electron chi connectivity index (χ0n) is 12.9. The monoisotopic (exact) mass is 300 g/mol. The van der Waals surface area contributed by atoms with Crippen LogP contribution >= 0.6 is 0 Å². The van der Waals surface area contributed by atoms with E-state index in [1.165, 1.54) is 6.07 Å². The minimum Gasteiger partial charge on any atom is -0.381 e. The number of fused-ring (bicyclic) bond motifs is 1. The summed E-state index contributed by atoms with van der Waals surface area (Å²) in [5.41, 5.74) is 1.96. The number of ether oxygens (including phenoxy) is 1. The lowest BCUT2D eigenvalue weighted by atomic mass is 10.0. The maximum Gasteiger partial charge on any atom is 0.254 e. The van der Waals surface area contributed by atoms with Gasteiger partial charge in [-0.05, 0) is 25.5 Å². The highest BCUT2D eigenvalue weighted by molar-refractivity contribution is 6.06. The van der Waals surface area contributed by atoms with Crippen LogP contribution in [0.5, 0.6) is 0 Å². The zero-order chi connectivity index (χ0) is 15.7. The zero-order valence-corrected chi connectivity index (χ0v) is 12.9. The number of aryl methyl sites for hydroxylation is 1. The Labute approximate surface area is 128 Å². The lowest BCUT2D eigenvalue weighted by Crippen LogP contribution is -2.32. The average molecular weight is 300 g/mol. The van der Waals surface area contributed by atoms with Gasteiger partial charge in [0.25, 0.3) is 5.91 Å². The molecule has 1 aromatic carbocycles. The molecule has 0 bridgehead atoms. The Hall–Kier alpha value is -2.14. The highest BCUT2D eigenvalue weighted by Crippen LogP contribution is 2.20. The van der Waals surface area contributed by atoms with Crippen LogP contribution in [0.1, 0.15) is 22.3 Å². The Balaban J connectivity index is 1.95. The van der Waals surface area contributed by atoms with Crippen molar-refractivity contribution < 1.29 is 9.53 Å². The molecule has 22 heavy (non-hydrogen) atoms. The smallest absolute Gasteiger partial charge is 0.254 e. The second-order valence-electron chi connectivity index (χ2n) is 6.01. The minimum atomic E-state index is -0.252. The fourth-order valence-corrected chi connectivity index (χ4v) is 2.95. The quantitative estimate of drug-likeness (QED) is 0.942. The Kier molecular flexibility index (Phi) is 3.98. The average Bonchev–Trinajstić information content (AvgIpc) is 2.99. The number of hydrogen-bond acceptors (Lipinski definition) is 3. The van der Waals surface area contributed by atoms with Crippen molar-refractivity contribution >= 4 is 16.8 Å². The van der Waals surface area contributed by atoms with Crippen molar-refractivity contribution in [1.29, 1.82) is 0 Å². The summed E-state index contributed by atoms with van der Waals surface area (Å²) >= 11 is 0. The van der Waals surface area contributed by atoms with Gasteiger partial charge in [-0.15, -0.1) is 0 Å². The standard InChI is InChI=1S/C17H20N2O3/c1-11-3-4-15-13(7-11)14(8-16(20)18-15)17(21)19(2)9-12-5-6-22-10-12/h3-4,7-8,12H,5-6,9-10H2,1-2H3,(H,18,20). The number of rotatable bonds is 3. The second kappa shape index (κ2) is 5.93. The van der Waals surface area contributed by atoms with Crippen molar-refractivity contribution in [2.24, 2.45) is 5.92 Å². The van der Waals surface area contributed by atoms with E-state index in [-0.39, 0.29) is 11.5 Å². The number of nitrogens with zero attached hydrogens (tertiary/aromatic N) is 1. The Morgan fingerprint density at radius 1 is 1.41 bits per heavy atom. The number of H-pyrrole nitrogens is 1. The van der Waals surface area contributed by atoms with Crippen molar-refractivity contribution in [2.75, 3.05) is 26.8 Å². The maximum absolute atomic E-state index is 12.7.